The minimum Gasteiger partial charge on any atom is -0.434 e. The number of alkyl halides is 4. The number of halogens is 4. The molecule has 2 fully saturated rings. The minimum absolute atomic E-state index is 0.209. The number of rotatable bonds is 6. The lowest BCUT2D eigenvalue weighted by Crippen LogP contribution is -2.73. The summed E-state index contributed by atoms with van der Waals surface area (Å²) in [5.74, 6) is -3.40. The van der Waals surface area contributed by atoms with Gasteiger partial charge in [0, 0.05) is 11.1 Å². The van der Waals surface area contributed by atoms with Crippen LogP contribution in [0.5, 0.6) is 11.5 Å². The molecule has 2 saturated heterocycles. The van der Waals surface area contributed by atoms with E-state index in [9.17, 15) is 36.7 Å². The first-order valence-corrected chi connectivity index (χ1v) is 9.96. The molecule has 0 saturated carbocycles. The number of urea groups is 2. The van der Waals surface area contributed by atoms with E-state index >= 15 is 0 Å². The largest absolute Gasteiger partial charge is 0.434 e. The standard InChI is InChI=1S/C21H16F4N4O6/c22-17(23)34-11-7-3-1-5-9(11)13-21(15(30)28-20(33)29-16(21)31)14(27-19(32)26-13)10-6-2-4-8-12(10)35-18(24)25/h1-8,13-14,17-18H,(H2,26,27,32)(H2,28,29,30,31,33). The second-order valence-corrected chi connectivity index (χ2v) is 7.42. The first kappa shape index (κ1) is 23.8. The highest BCUT2D eigenvalue weighted by Gasteiger charge is 2.65. The van der Waals surface area contributed by atoms with E-state index in [4.69, 9.17) is 0 Å². The molecular weight excluding hydrogens is 480 g/mol. The summed E-state index contributed by atoms with van der Waals surface area (Å²) in [6.07, 6.45) is 0. The molecule has 4 rings (SSSR count). The van der Waals surface area contributed by atoms with Crippen LogP contribution in [0.3, 0.4) is 0 Å². The number of ether oxygens (including phenoxy) is 2. The molecule has 2 unspecified atom stereocenters. The Kier molecular flexibility index (Phi) is 6.20. The number of imide groups is 2. The van der Waals surface area contributed by atoms with E-state index in [1.165, 1.54) is 36.4 Å². The highest BCUT2D eigenvalue weighted by molar-refractivity contribution is 6.21. The lowest BCUT2D eigenvalue weighted by Gasteiger charge is -2.48. The zero-order valence-electron chi connectivity index (χ0n) is 17.4. The van der Waals surface area contributed by atoms with Gasteiger partial charge >= 0.3 is 25.3 Å². The average Bonchev–Trinajstić information content (AvgIpc) is 2.77. The van der Waals surface area contributed by atoms with Crippen LogP contribution in [0, 0.1) is 5.41 Å². The summed E-state index contributed by atoms with van der Waals surface area (Å²) in [6, 6.07) is 4.60. The van der Waals surface area contributed by atoms with Crippen LogP contribution >= 0.6 is 0 Å². The SMILES string of the molecule is O=C1NC(=O)C2(C(=O)N1)C(c1ccccc1OC(F)F)NC(=O)NC2c1ccccc1OC(F)F. The van der Waals surface area contributed by atoms with Gasteiger partial charge in [0.2, 0.25) is 11.8 Å². The van der Waals surface area contributed by atoms with E-state index in [-0.39, 0.29) is 11.1 Å². The number of amides is 6. The Bertz CT molecular complexity index is 1110. The summed E-state index contributed by atoms with van der Waals surface area (Å²) in [4.78, 5) is 51.3. The Hall–Kier alpha value is -4.36. The Balaban J connectivity index is 1.97. The molecule has 14 heteroatoms. The van der Waals surface area contributed by atoms with Crippen molar-refractivity contribution in [1.29, 1.82) is 0 Å². The molecule has 2 aromatic carbocycles. The van der Waals surface area contributed by atoms with Crippen LogP contribution in [0.4, 0.5) is 27.2 Å². The third-order valence-corrected chi connectivity index (χ3v) is 5.56. The van der Waals surface area contributed by atoms with E-state index in [1.807, 2.05) is 10.6 Å². The summed E-state index contributed by atoms with van der Waals surface area (Å²) < 4.78 is 61.4. The van der Waals surface area contributed by atoms with Gasteiger partial charge < -0.3 is 20.1 Å². The molecule has 2 heterocycles. The van der Waals surface area contributed by atoms with Crippen molar-refractivity contribution in [1.82, 2.24) is 21.3 Å². The van der Waals surface area contributed by atoms with Crippen LogP contribution < -0.4 is 30.7 Å². The van der Waals surface area contributed by atoms with E-state index in [0.29, 0.717) is 0 Å². The Morgan fingerprint density at radius 2 is 1.06 bits per heavy atom. The zero-order valence-corrected chi connectivity index (χ0v) is 17.4. The number of hydrogen-bond acceptors (Lipinski definition) is 6. The topological polar surface area (TPSA) is 135 Å². The third-order valence-electron chi connectivity index (χ3n) is 5.56. The lowest BCUT2D eigenvalue weighted by molar-refractivity contribution is -0.150. The number of para-hydroxylation sites is 2. The first-order valence-electron chi connectivity index (χ1n) is 9.96. The van der Waals surface area contributed by atoms with Gasteiger partial charge in [0.1, 0.15) is 11.5 Å². The fourth-order valence-corrected chi connectivity index (χ4v) is 4.26. The normalized spacial score (nSPS) is 21.3. The molecule has 2 aliphatic heterocycles. The summed E-state index contributed by atoms with van der Waals surface area (Å²) in [5, 5.41) is 8.54. The van der Waals surface area contributed by atoms with Crippen LogP contribution in [0.25, 0.3) is 0 Å². The van der Waals surface area contributed by atoms with E-state index < -0.39 is 66.1 Å². The molecule has 184 valence electrons. The fourth-order valence-electron chi connectivity index (χ4n) is 4.26. The highest BCUT2D eigenvalue weighted by atomic mass is 19.3. The molecule has 0 aromatic heterocycles. The molecule has 0 aliphatic carbocycles. The van der Waals surface area contributed by atoms with Crippen LogP contribution in [0.15, 0.2) is 48.5 Å². The van der Waals surface area contributed by atoms with Crippen LogP contribution in [-0.4, -0.2) is 37.1 Å². The van der Waals surface area contributed by atoms with Crippen molar-refractivity contribution in [3.63, 3.8) is 0 Å². The van der Waals surface area contributed by atoms with Crippen molar-refractivity contribution in [2.45, 2.75) is 25.3 Å². The maximum Gasteiger partial charge on any atom is 0.387 e. The van der Waals surface area contributed by atoms with Gasteiger partial charge in [-0.05, 0) is 12.1 Å². The minimum atomic E-state index is -3.30. The third kappa shape index (κ3) is 4.18. The van der Waals surface area contributed by atoms with Crippen molar-refractivity contribution < 1.29 is 46.2 Å². The summed E-state index contributed by atoms with van der Waals surface area (Å²) in [5.41, 5.74) is -2.90. The maximum absolute atomic E-state index is 13.4. The average molecular weight is 496 g/mol. The molecule has 0 bridgehead atoms. The molecular formula is C21H16F4N4O6. The van der Waals surface area contributed by atoms with E-state index in [1.54, 1.807) is 0 Å². The Labute approximate surface area is 193 Å². The Morgan fingerprint density at radius 3 is 1.46 bits per heavy atom. The number of benzene rings is 2. The molecule has 2 aliphatic rings. The van der Waals surface area contributed by atoms with Gasteiger partial charge in [0.25, 0.3) is 0 Å². The second-order valence-electron chi connectivity index (χ2n) is 7.42. The van der Waals surface area contributed by atoms with Crippen molar-refractivity contribution in [3.8, 4) is 11.5 Å². The van der Waals surface area contributed by atoms with Crippen molar-refractivity contribution >= 4 is 23.9 Å². The number of carbonyl (C=O) groups excluding carboxylic acids is 4. The van der Waals surface area contributed by atoms with Gasteiger partial charge in [-0.1, -0.05) is 36.4 Å². The number of carbonyl (C=O) groups is 4. The second kappa shape index (κ2) is 9.12. The Morgan fingerprint density at radius 1 is 0.657 bits per heavy atom. The molecule has 1 spiro atoms. The molecule has 10 nitrogen and oxygen atoms in total. The predicted molar refractivity (Wildman–Crippen MR) is 107 cm³/mol. The lowest BCUT2D eigenvalue weighted by atomic mass is 9.65. The summed E-state index contributed by atoms with van der Waals surface area (Å²) in [7, 11) is 0. The summed E-state index contributed by atoms with van der Waals surface area (Å²) >= 11 is 0. The first-order chi connectivity index (χ1) is 16.6. The molecule has 4 N–H and O–H groups in total. The monoisotopic (exact) mass is 496 g/mol. The van der Waals surface area contributed by atoms with Gasteiger partial charge in [0.05, 0.1) is 12.1 Å². The summed E-state index contributed by atoms with van der Waals surface area (Å²) in [6.45, 7) is -6.59. The fraction of sp³-hybridized carbons (Fsp3) is 0.238. The smallest absolute Gasteiger partial charge is 0.387 e. The molecule has 2 atom stereocenters. The zero-order chi connectivity index (χ0) is 25.3. The predicted octanol–water partition coefficient (Wildman–Crippen LogP) is 2.34. The van der Waals surface area contributed by atoms with Crippen LogP contribution in [0.1, 0.15) is 23.2 Å². The van der Waals surface area contributed by atoms with Crippen LogP contribution in [0.2, 0.25) is 0 Å². The van der Waals surface area contributed by atoms with E-state index in [2.05, 4.69) is 20.1 Å². The maximum atomic E-state index is 13.4. The van der Waals surface area contributed by atoms with Gasteiger partial charge in [-0.25, -0.2) is 9.59 Å². The molecule has 6 amide bonds. The van der Waals surface area contributed by atoms with Gasteiger partial charge in [-0.3, -0.25) is 20.2 Å². The number of hydrogen-bond donors (Lipinski definition) is 4. The van der Waals surface area contributed by atoms with Gasteiger partial charge in [-0.15, -0.1) is 0 Å². The van der Waals surface area contributed by atoms with Crippen LogP contribution in [-0.2, 0) is 9.59 Å². The van der Waals surface area contributed by atoms with Gasteiger partial charge in [-0.2, -0.15) is 17.6 Å². The molecule has 2 aromatic rings. The highest BCUT2D eigenvalue weighted by Crippen LogP contribution is 2.51. The molecule has 0 radical (unpaired) electrons. The quantitative estimate of drug-likeness (QED) is 0.358. The van der Waals surface area contributed by atoms with Crippen molar-refractivity contribution in [3.05, 3.63) is 59.7 Å². The molecule has 35 heavy (non-hydrogen) atoms. The van der Waals surface area contributed by atoms with Crippen molar-refractivity contribution in [2.24, 2.45) is 5.41 Å². The number of barbiturate groups is 1. The van der Waals surface area contributed by atoms with Gasteiger partial charge in [0.15, 0.2) is 5.41 Å². The van der Waals surface area contributed by atoms with Crippen molar-refractivity contribution in [2.75, 3.05) is 0 Å². The van der Waals surface area contributed by atoms with E-state index in [0.717, 1.165) is 12.1 Å². The number of nitrogens with one attached hydrogen (secondary N) is 4.